The summed E-state index contributed by atoms with van der Waals surface area (Å²) in [5.41, 5.74) is 3.17. The van der Waals surface area contributed by atoms with E-state index in [4.69, 9.17) is 4.84 Å². The zero-order chi connectivity index (χ0) is 16.9. The summed E-state index contributed by atoms with van der Waals surface area (Å²) in [4.78, 5) is 18.1. The molecule has 24 heavy (non-hydrogen) atoms. The van der Waals surface area contributed by atoms with E-state index in [0.29, 0.717) is 18.9 Å². The molecule has 0 radical (unpaired) electrons. The summed E-state index contributed by atoms with van der Waals surface area (Å²) in [7, 11) is 0. The minimum absolute atomic E-state index is 0.177. The Hall–Kier alpha value is -3.09. The van der Waals surface area contributed by atoms with Crippen molar-refractivity contribution in [3.8, 4) is 0 Å². The zero-order valence-electron chi connectivity index (χ0n) is 13.1. The van der Waals surface area contributed by atoms with Gasteiger partial charge in [0.15, 0.2) is 0 Å². The molecule has 1 aromatic carbocycles. The first-order chi connectivity index (χ1) is 11.7. The topological polar surface area (TPSA) is 80.0 Å². The number of amides is 1. The summed E-state index contributed by atoms with van der Waals surface area (Å²) in [5.74, 6) is 0. The largest absolute Gasteiger partial charge is 0.465 e. The molecule has 1 aliphatic rings. The van der Waals surface area contributed by atoms with Crippen LogP contribution in [0.25, 0.3) is 0 Å². The fourth-order valence-electron chi connectivity index (χ4n) is 2.57. The van der Waals surface area contributed by atoms with Crippen molar-refractivity contribution in [2.45, 2.75) is 19.7 Å². The Balaban J connectivity index is 1.82. The van der Waals surface area contributed by atoms with Gasteiger partial charge in [0.2, 0.25) is 0 Å². The van der Waals surface area contributed by atoms with Gasteiger partial charge in [-0.05, 0) is 5.56 Å². The molecule has 1 aromatic heterocycles. The Kier molecular flexibility index (Phi) is 4.60. The van der Waals surface area contributed by atoms with Crippen molar-refractivity contribution < 1.29 is 14.7 Å². The van der Waals surface area contributed by atoms with E-state index in [2.05, 4.69) is 16.8 Å². The summed E-state index contributed by atoms with van der Waals surface area (Å²) in [6.45, 7) is 4.99. The average molecular weight is 326 g/mol. The minimum atomic E-state index is -0.997. The normalized spacial score (nSPS) is 15.2. The number of fused-ring (bicyclic) bond motifs is 1. The van der Waals surface area contributed by atoms with E-state index in [1.54, 1.807) is 17.0 Å². The highest BCUT2D eigenvalue weighted by molar-refractivity contribution is 6.04. The predicted molar refractivity (Wildman–Crippen MR) is 88.6 cm³/mol. The van der Waals surface area contributed by atoms with E-state index in [0.717, 1.165) is 16.8 Å². The van der Waals surface area contributed by atoms with Crippen LogP contribution >= 0.6 is 0 Å². The average Bonchev–Trinajstić information content (AvgIpc) is 2.99. The van der Waals surface area contributed by atoms with Gasteiger partial charge in [0, 0.05) is 5.56 Å². The number of carboxylic acid groups (broad SMARTS) is 1. The van der Waals surface area contributed by atoms with Crippen molar-refractivity contribution in [1.82, 2.24) is 14.7 Å². The quantitative estimate of drug-likeness (QED) is 0.676. The first-order valence-corrected chi connectivity index (χ1v) is 7.55. The smallest absolute Gasteiger partial charge is 0.408 e. The maximum Gasteiger partial charge on any atom is 0.408 e. The molecule has 0 fully saturated rings. The Morgan fingerprint density at radius 1 is 1.38 bits per heavy atom. The van der Waals surface area contributed by atoms with E-state index in [1.807, 2.05) is 30.3 Å². The summed E-state index contributed by atoms with van der Waals surface area (Å²) < 4.78 is 1.73. The Labute approximate surface area is 139 Å². The van der Waals surface area contributed by atoms with Crippen LogP contribution in [0.4, 0.5) is 4.79 Å². The number of allylic oxidation sites excluding steroid dienone is 1. The van der Waals surface area contributed by atoms with Crippen molar-refractivity contribution in [2.75, 3.05) is 6.54 Å². The van der Waals surface area contributed by atoms with Crippen molar-refractivity contribution in [3.63, 3.8) is 0 Å². The van der Waals surface area contributed by atoms with Gasteiger partial charge >= 0.3 is 6.09 Å². The summed E-state index contributed by atoms with van der Waals surface area (Å²) in [5, 5.41) is 17.8. The molecular formula is C17H18N4O3. The summed E-state index contributed by atoms with van der Waals surface area (Å²) in [6.07, 6.45) is 2.42. The lowest BCUT2D eigenvalue weighted by Crippen LogP contribution is -2.39. The number of aromatic nitrogens is 2. The van der Waals surface area contributed by atoms with Gasteiger partial charge in [-0.2, -0.15) is 5.10 Å². The molecule has 0 saturated heterocycles. The molecule has 1 aliphatic heterocycles. The van der Waals surface area contributed by atoms with Gasteiger partial charge in [0.1, 0.15) is 12.3 Å². The monoisotopic (exact) mass is 326 g/mol. The van der Waals surface area contributed by atoms with Gasteiger partial charge < -0.3 is 9.94 Å². The highest BCUT2D eigenvalue weighted by atomic mass is 16.6. The number of nitrogens with zero attached hydrogens (tertiary/aromatic N) is 4. The molecule has 1 N–H and O–H groups in total. The maximum atomic E-state index is 11.4. The second kappa shape index (κ2) is 6.99. The van der Waals surface area contributed by atoms with Crippen LogP contribution in [0.1, 0.15) is 16.8 Å². The molecule has 0 spiro atoms. The van der Waals surface area contributed by atoms with Crippen LogP contribution in [0.15, 0.2) is 54.3 Å². The Morgan fingerprint density at radius 2 is 2.17 bits per heavy atom. The number of rotatable bonds is 5. The molecule has 0 atom stereocenters. The molecule has 2 heterocycles. The second-order valence-corrected chi connectivity index (χ2v) is 5.41. The van der Waals surface area contributed by atoms with Crippen LogP contribution < -0.4 is 0 Å². The van der Waals surface area contributed by atoms with Crippen LogP contribution in [0, 0.1) is 0 Å². The number of hydrogen-bond donors (Lipinski definition) is 1. The molecule has 0 aliphatic carbocycles. The third kappa shape index (κ3) is 3.29. The van der Waals surface area contributed by atoms with Crippen molar-refractivity contribution in [2.24, 2.45) is 5.16 Å². The maximum absolute atomic E-state index is 11.4. The van der Waals surface area contributed by atoms with Crippen molar-refractivity contribution >= 4 is 11.8 Å². The molecule has 0 bridgehead atoms. The molecule has 0 saturated carbocycles. The third-order valence-electron chi connectivity index (χ3n) is 3.76. The van der Waals surface area contributed by atoms with E-state index < -0.39 is 6.09 Å². The predicted octanol–water partition coefficient (Wildman–Crippen LogP) is 2.48. The first-order valence-electron chi connectivity index (χ1n) is 7.55. The van der Waals surface area contributed by atoms with Crippen LogP contribution in [0.2, 0.25) is 0 Å². The first kappa shape index (κ1) is 15.8. The second-order valence-electron chi connectivity index (χ2n) is 5.41. The summed E-state index contributed by atoms with van der Waals surface area (Å²) >= 11 is 0. The van der Waals surface area contributed by atoms with Crippen LogP contribution in [0.5, 0.6) is 0 Å². The molecule has 0 unspecified atom stereocenters. The van der Waals surface area contributed by atoms with Crippen LogP contribution in [0.3, 0.4) is 0 Å². The molecule has 124 valence electrons. The van der Waals surface area contributed by atoms with Gasteiger partial charge in [-0.25, -0.2) is 4.79 Å². The van der Waals surface area contributed by atoms with Gasteiger partial charge in [0.05, 0.1) is 31.5 Å². The highest BCUT2D eigenvalue weighted by Gasteiger charge is 2.28. The van der Waals surface area contributed by atoms with E-state index in [9.17, 15) is 9.90 Å². The summed E-state index contributed by atoms with van der Waals surface area (Å²) in [6, 6.07) is 9.67. The molecular weight excluding hydrogens is 308 g/mol. The minimum Gasteiger partial charge on any atom is -0.465 e. The number of carbonyl (C=O) groups is 1. The van der Waals surface area contributed by atoms with E-state index in [-0.39, 0.29) is 13.1 Å². The van der Waals surface area contributed by atoms with Crippen molar-refractivity contribution in [1.29, 1.82) is 0 Å². The molecule has 7 nitrogen and oxygen atoms in total. The van der Waals surface area contributed by atoms with E-state index >= 15 is 0 Å². The SMILES string of the molecule is C=CCn1ncc2c1CN(C(=O)O)CC2=NOCc1ccccc1. The van der Waals surface area contributed by atoms with Gasteiger partial charge in [0.25, 0.3) is 0 Å². The Bertz CT molecular complexity index is 767. The van der Waals surface area contributed by atoms with Crippen molar-refractivity contribution in [3.05, 3.63) is 66.0 Å². The van der Waals surface area contributed by atoms with E-state index in [1.165, 1.54) is 4.90 Å². The molecule has 1 amide bonds. The third-order valence-corrected chi connectivity index (χ3v) is 3.76. The molecule has 2 aromatic rings. The lowest BCUT2D eigenvalue weighted by atomic mass is 10.1. The van der Waals surface area contributed by atoms with Gasteiger partial charge in [-0.15, -0.1) is 6.58 Å². The highest BCUT2D eigenvalue weighted by Crippen LogP contribution is 2.20. The number of oxime groups is 1. The lowest BCUT2D eigenvalue weighted by molar-refractivity contribution is 0.126. The standard InChI is InChI=1S/C17H18N4O3/c1-2-8-21-16-11-20(17(22)23)10-15(14(16)9-18-21)19-24-12-13-6-4-3-5-7-13/h2-7,9H,1,8,10-12H2,(H,22,23). The Morgan fingerprint density at radius 3 is 2.88 bits per heavy atom. The van der Waals surface area contributed by atoms with Gasteiger partial charge in [-0.3, -0.25) is 9.58 Å². The number of benzene rings is 1. The van der Waals surface area contributed by atoms with Gasteiger partial charge in [-0.1, -0.05) is 41.6 Å². The lowest BCUT2D eigenvalue weighted by Gasteiger charge is -2.25. The van der Waals surface area contributed by atoms with Crippen LogP contribution in [-0.2, 0) is 24.5 Å². The fourth-order valence-corrected chi connectivity index (χ4v) is 2.57. The molecule has 3 rings (SSSR count). The number of hydrogen-bond acceptors (Lipinski definition) is 4. The van der Waals surface area contributed by atoms with Crippen LogP contribution in [-0.4, -0.2) is 38.1 Å². The molecule has 7 heteroatoms. The zero-order valence-corrected chi connectivity index (χ0v) is 13.1. The fraction of sp³-hybridized carbons (Fsp3) is 0.235.